The number of carbonyl (C=O) groups excluding carboxylic acids is 1. The van der Waals surface area contributed by atoms with E-state index in [1.807, 2.05) is 0 Å². The smallest absolute Gasteiger partial charge is 0.338 e. The van der Waals surface area contributed by atoms with Gasteiger partial charge in [0.25, 0.3) is 0 Å². The number of nitrogens with zero attached hydrogens (tertiary/aromatic N) is 1. The van der Waals surface area contributed by atoms with Gasteiger partial charge in [-0.25, -0.2) is 4.79 Å². The molecule has 36 heavy (non-hydrogen) atoms. The lowest BCUT2D eigenvalue weighted by Gasteiger charge is -2.61. The van der Waals surface area contributed by atoms with Crippen LogP contribution in [0, 0.1) is 52.3 Å². The zero-order valence-corrected chi connectivity index (χ0v) is 23.7. The molecule has 0 amide bonds. The largest absolute Gasteiger partial charge is 0.459 e. The Bertz CT molecular complexity index is 898. The standard InChI is InChI=1S/C33H51NO2/c1-22(2)7-6-8-23(3)28-11-12-29-27-10-9-25-21-26(36-31(35)24-15-19-34-20-16-24)13-17-32(25,4)30(27)14-18-33(28,29)5/h15-16,19-20,22-23,25-30H,6-14,17-18,21H2,1-5H3/t23-,25?,26-,27?,28-,29?,30?,32+,33-/m1/s1. The molecule has 1 aromatic rings. The Labute approximate surface area is 220 Å². The van der Waals surface area contributed by atoms with Gasteiger partial charge in [-0.3, -0.25) is 4.98 Å². The molecule has 3 heteroatoms. The second-order valence-electron chi connectivity index (χ2n) is 14.2. The van der Waals surface area contributed by atoms with Crippen LogP contribution in [0.4, 0.5) is 0 Å². The molecule has 4 saturated carbocycles. The molecule has 9 atom stereocenters. The predicted octanol–water partition coefficient (Wildman–Crippen LogP) is 8.73. The molecular formula is C33H51NO2. The summed E-state index contributed by atoms with van der Waals surface area (Å²) in [4.78, 5) is 16.7. The number of hydrogen-bond acceptors (Lipinski definition) is 3. The van der Waals surface area contributed by atoms with Crippen molar-refractivity contribution in [2.45, 2.75) is 118 Å². The minimum Gasteiger partial charge on any atom is -0.459 e. The third-order valence-electron chi connectivity index (χ3n) is 12.0. The number of fused-ring (bicyclic) bond motifs is 5. The van der Waals surface area contributed by atoms with Crippen LogP contribution < -0.4 is 0 Å². The number of carbonyl (C=O) groups is 1. The first-order valence-corrected chi connectivity index (χ1v) is 15.3. The fraction of sp³-hybridized carbons (Fsp3) is 0.818. The fourth-order valence-corrected chi connectivity index (χ4v) is 10.1. The summed E-state index contributed by atoms with van der Waals surface area (Å²) in [6.45, 7) is 12.6. The molecule has 1 heterocycles. The lowest BCUT2D eigenvalue weighted by Crippen LogP contribution is -2.54. The van der Waals surface area contributed by atoms with E-state index in [-0.39, 0.29) is 12.1 Å². The molecule has 4 fully saturated rings. The first-order valence-electron chi connectivity index (χ1n) is 15.3. The van der Waals surface area contributed by atoms with Crippen LogP contribution in [0.1, 0.15) is 122 Å². The average molecular weight is 494 g/mol. The molecule has 5 rings (SSSR count). The predicted molar refractivity (Wildman–Crippen MR) is 147 cm³/mol. The number of aromatic nitrogens is 1. The Hall–Kier alpha value is -1.38. The van der Waals surface area contributed by atoms with Crippen molar-refractivity contribution in [2.24, 2.45) is 52.3 Å². The average Bonchev–Trinajstić information content (AvgIpc) is 3.22. The molecule has 4 unspecified atom stereocenters. The second kappa shape index (κ2) is 10.4. The van der Waals surface area contributed by atoms with Gasteiger partial charge in [-0.05, 0) is 122 Å². The molecule has 4 aliphatic rings. The summed E-state index contributed by atoms with van der Waals surface area (Å²) in [5, 5.41) is 0. The highest BCUT2D eigenvalue weighted by Gasteiger charge is 2.60. The van der Waals surface area contributed by atoms with Gasteiger partial charge in [-0.1, -0.05) is 53.9 Å². The van der Waals surface area contributed by atoms with Crippen LogP contribution in [0.2, 0.25) is 0 Å². The molecule has 0 saturated heterocycles. The van der Waals surface area contributed by atoms with Crippen molar-refractivity contribution in [3.8, 4) is 0 Å². The minimum atomic E-state index is -0.173. The van der Waals surface area contributed by atoms with E-state index in [2.05, 4.69) is 39.6 Å². The summed E-state index contributed by atoms with van der Waals surface area (Å²) < 4.78 is 6.01. The van der Waals surface area contributed by atoms with E-state index in [1.165, 1.54) is 64.2 Å². The molecule has 4 aliphatic carbocycles. The normalized spacial score (nSPS) is 40.7. The number of pyridine rings is 1. The van der Waals surface area contributed by atoms with Crippen LogP contribution in [0.5, 0.6) is 0 Å². The van der Waals surface area contributed by atoms with Crippen LogP contribution >= 0.6 is 0 Å². The van der Waals surface area contributed by atoms with E-state index in [4.69, 9.17) is 4.74 Å². The maximum atomic E-state index is 12.7. The lowest BCUT2D eigenvalue weighted by molar-refractivity contribution is -0.130. The quantitative estimate of drug-likeness (QED) is 0.356. The summed E-state index contributed by atoms with van der Waals surface area (Å²) in [6.07, 6.45) is 19.5. The molecule has 200 valence electrons. The Balaban J connectivity index is 1.22. The number of esters is 1. The third-order valence-corrected chi connectivity index (χ3v) is 12.0. The van der Waals surface area contributed by atoms with Crippen LogP contribution in [0.3, 0.4) is 0 Å². The highest BCUT2D eigenvalue weighted by atomic mass is 16.5. The first kappa shape index (κ1) is 26.2. The molecule has 0 radical (unpaired) electrons. The maximum Gasteiger partial charge on any atom is 0.338 e. The minimum absolute atomic E-state index is 0.0803. The molecule has 3 nitrogen and oxygen atoms in total. The van der Waals surface area contributed by atoms with E-state index < -0.39 is 0 Å². The van der Waals surface area contributed by atoms with Crippen LogP contribution in [-0.4, -0.2) is 17.1 Å². The van der Waals surface area contributed by atoms with Gasteiger partial charge in [0.2, 0.25) is 0 Å². The first-order chi connectivity index (χ1) is 17.2. The van der Waals surface area contributed by atoms with Crippen LogP contribution in [0.15, 0.2) is 24.5 Å². The Kier molecular flexibility index (Phi) is 7.59. The molecule has 0 N–H and O–H groups in total. The Morgan fingerprint density at radius 1 is 0.944 bits per heavy atom. The van der Waals surface area contributed by atoms with Gasteiger partial charge in [-0.2, -0.15) is 0 Å². The molecule has 1 aromatic heterocycles. The Morgan fingerprint density at radius 2 is 1.67 bits per heavy atom. The van der Waals surface area contributed by atoms with Gasteiger partial charge in [0, 0.05) is 12.4 Å². The van der Waals surface area contributed by atoms with E-state index in [9.17, 15) is 4.79 Å². The van der Waals surface area contributed by atoms with Gasteiger partial charge in [-0.15, -0.1) is 0 Å². The van der Waals surface area contributed by atoms with Crippen LogP contribution in [0.25, 0.3) is 0 Å². The van der Waals surface area contributed by atoms with Crippen molar-refractivity contribution >= 4 is 5.97 Å². The molecule has 0 spiro atoms. The van der Waals surface area contributed by atoms with E-state index >= 15 is 0 Å². The summed E-state index contributed by atoms with van der Waals surface area (Å²) in [5.74, 6) is 5.93. The van der Waals surface area contributed by atoms with E-state index in [0.717, 1.165) is 48.3 Å². The maximum absolute atomic E-state index is 12.7. The number of rotatable bonds is 7. The monoisotopic (exact) mass is 493 g/mol. The zero-order chi connectivity index (χ0) is 25.5. The molecule has 0 aliphatic heterocycles. The SMILES string of the molecule is CC(C)CCC[C@@H](C)[C@H]1CCC2C3CCC4C[C@H](OC(=O)c5ccncc5)CC[C@]4(C)C3CC[C@@]21C. The lowest BCUT2D eigenvalue weighted by atomic mass is 9.44. The topological polar surface area (TPSA) is 39.2 Å². The van der Waals surface area contributed by atoms with E-state index in [1.54, 1.807) is 24.5 Å². The van der Waals surface area contributed by atoms with Crippen molar-refractivity contribution in [3.63, 3.8) is 0 Å². The highest BCUT2D eigenvalue weighted by molar-refractivity contribution is 5.89. The van der Waals surface area contributed by atoms with E-state index in [0.29, 0.717) is 22.3 Å². The van der Waals surface area contributed by atoms with Gasteiger partial charge in [0.15, 0.2) is 0 Å². The number of hydrogen-bond donors (Lipinski definition) is 0. The fourth-order valence-electron chi connectivity index (χ4n) is 10.1. The summed E-state index contributed by atoms with van der Waals surface area (Å²) in [5.41, 5.74) is 1.63. The Morgan fingerprint density at radius 3 is 2.42 bits per heavy atom. The summed E-state index contributed by atoms with van der Waals surface area (Å²) in [6, 6.07) is 3.53. The molecule has 0 aromatic carbocycles. The molecule has 0 bridgehead atoms. The van der Waals surface area contributed by atoms with Gasteiger partial charge >= 0.3 is 5.97 Å². The van der Waals surface area contributed by atoms with Crippen molar-refractivity contribution < 1.29 is 9.53 Å². The zero-order valence-electron chi connectivity index (χ0n) is 23.7. The van der Waals surface area contributed by atoms with Gasteiger partial charge < -0.3 is 4.74 Å². The summed E-state index contributed by atoms with van der Waals surface area (Å²) in [7, 11) is 0. The van der Waals surface area contributed by atoms with Crippen molar-refractivity contribution in [2.75, 3.05) is 0 Å². The van der Waals surface area contributed by atoms with Gasteiger partial charge in [0.05, 0.1) is 5.56 Å². The molecular weight excluding hydrogens is 442 g/mol. The number of ether oxygens (including phenoxy) is 1. The van der Waals surface area contributed by atoms with Crippen molar-refractivity contribution in [1.82, 2.24) is 4.98 Å². The highest BCUT2D eigenvalue weighted by Crippen LogP contribution is 2.68. The third kappa shape index (κ3) is 4.78. The van der Waals surface area contributed by atoms with Crippen molar-refractivity contribution in [3.05, 3.63) is 30.1 Å². The van der Waals surface area contributed by atoms with Crippen LogP contribution in [-0.2, 0) is 4.74 Å². The van der Waals surface area contributed by atoms with Gasteiger partial charge in [0.1, 0.15) is 6.10 Å². The summed E-state index contributed by atoms with van der Waals surface area (Å²) >= 11 is 0. The van der Waals surface area contributed by atoms with Crippen molar-refractivity contribution in [1.29, 1.82) is 0 Å². The second-order valence-corrected chi connectivity index (χ2v) is 14.2.